The van der Waals surface area contributed by atoms with E-state index in [2.05, 4.69) is 10.3 Å². The fourth-order valence-corrected chi connectivity index (χ4v) is 3.53. The molecule has 106 valence electrons. The van der Waals surface area contributed by atoms with Crippen LogP contribution in [0.2, 0.25) is 0 Å². The van der Waals surface area contributed by atoms with Gasteiger partial charge in [0, 0.05) is 19.2 Å². The molecule has 3 rings (SSSR count). The molecule has 0 saturated carbocycles. The Balaban J connectivity index is 1.80. The highest BCUT2D eigenvalue weighted by Crippen LogP contribution is 2.36. The summed E-state index contributed by atoms with van der Waals surface area (Å²) in [5.41, 5.74) is 0.909. The molecule has 20 heavy (non-hydrogen) atoms. The van der Waals surface area contributed by atoms with Crippen molar-refractivity contribution in [1.82, 2.24) is 15.2 Å². The molecule has 1 atom stereocenters. The SMILES string of the molecule is CNC1C(=O)N(Cc2ccccn2)CCC2=C1SCO2. The predicted octanol–water partition coefficient (Wildman–Crippen LogP) is 1.33. The topological polar surface area (TPSA) is 54.5 Å². The number of ether oxygens (including phenoxy) is 1. The summed E-state index contributed by atoms with van der Waals surface area (Å²) in [6, 6.07) is 5.48. The number of carbonyl (C=O) groups is 1. The van der Waals surface area contributed by atoms with Gasteiger partial charge in [-0.3, -0.25) is 9.78 Å². The maximum atomic E-state index is 12.7. The Kier molecular flexibility index (Phi) is 3.93. The molecule has 2 aliphatic heterocycles. The van der Waals surface area contributed by atoms with Gasteiger partial charge in [-0.25, -0.2) is 0 Å². The first kappa shape index (κ1) is 13.5. The maximum absolute atomic E-state index is 12.7. The second-order valence-corrected chi connectivity index (χ2v) is 5.71. The van der Waals surface area contributed by atoms with Crippen LogP contribution in [-0.2, 0) is 16.1 Å². The molecule has 0 spiro atoms. The summed E-state index contributed by atoms with van der Waals surface area (Å²) in [5.74, 6) is 1.68. The van der Waals surface area contributed by atoms with Gasteiger partial charge in [0.15, 0.2) is 0 Å². The van der Waals surface area contributed by atoms with Crippen molar-refractivity contribution >= 4 is 17.7 Å². The van der Waals surface area contributed by atoms with E-state index in [1.807, 2.05) is 30.1 Å². The van der Waals surface area contributed by atoms with Crippen molar-refractivity contribution in [3.8, 4) is 0 Å². The third kappa shape index (κ3) is 2.53. The molecule has 0 saturated heterocycles. The van der Waals surface area contributed by atoms with Gasteiger partial charge in [-0.05, 0) is 19.2 Å². The van der Waals surface area contributed by atoms with Crippen LogP contribution in [0.1, 0.15) is 12.1 Å². The van der Waals surface area contributed by atoms with E-state index < -0.39 is 0 Å². The summed E-state index contributed by atoms with van der Waals surface area (Å²) in [5, 5.41) is 3.11. The van der Waals surface area contributed by atoms with Gasteiger partial charge in [0.25, 0.3) is 0 Å². The minimum Gasteiger partial charge on any atom is -0.486 e. The van der Waals surface area contributed by atoms with Crippen molar-refractivity contribution in [2.45, 2.75) is 19.0 Å². The first-order chi connectivity index (χ1) is 9.79. The third-order valence-electron chi connectivity index (χ3n) is 3.52. The number of hydrogen-bond donors (Lipinski definition) is 1. The van der Waals surface area contributed by atoms with E-state index in [9.17, 15) is 4.79 Å². The Morgan fingerprint density at radius 2 is 2.45 bits per heavy atom. The number of thioether (sulfide) groups is 1. The van der Waals surface area contributed by atoms with Gasteiger partial charge in [-0.1, -0.05) is 17.8 Å². The largest absolute Gasteiger partial charge is 0.486 e. The predicted molar refractivity (Wildman–Crippen MR) is 77.7 cm³/mol. The van der Waals surface area contributed by atoms with Crippen molar-refractivity contribution in [3.63, 3.8) is 0 Å². The normalized spacial score (nSPS) is 22.6. The van der Waals surface area contributed by atoms with Crippen molar-refractivity contribution in [2.24, 2.45) is 0 Å². The van der Waals surface area contributed by atoms with Crippen molar-refractivity contribution in [3.05, 3.63) is 40.8 Å². The Hall–Kier alpha value is -1.53. The Bertz CT molecular complexity index is 532. The summed E-state index contributed by atoms with van der Waals surface area (Å²) in [6.07, 6.45) is 2.53. The maximum Gasteiger partial charge on any atom is 0.245 e. The number of aromatic nitrogens is 1. The summed E-state index contributed by atoms with van der Waals surface area (Å²) in [4.78, 5) is 19.8. The third-order valence-corrected chi connectivity index (χ3v) is 4.53. The zero-order valence-electron chi connectivity index (χ0n) is 11.3. The van der Waals surface area contributed by atoms with E-state index in [-0.39, 0.29) is 11.9 Å². The molecule has 1 aromatic rings. The molecule has 6 heteroatoms. The van der Waals surface area contributed by atoms with Crippen molar-refractivity contribution in [1.29, 1.82) is 0 Å². The highest BCUT2D eigenvalue weighted by molar-refractivity contribution is 8.03. The molecule has 0 radical (unpaired) electrons. The molecule has 0 aliphatic carbocycles. The molecule has 3 heterocycles. The van der Waals surface area contributed by atoms with Gasteiger partial charge >= 0.3 is 0 Å². The van der Waals surface area contributed by atoms with Crippen LogP contribution in [0.4, 0.5) is 0 Å². The van der Waals surface area contributed by atoms with Gasteiger partial charge in [0.1, 0.15) is 17.7 Å². The van der Waals surface area contributed by atoms with Crippen molar-refractivity contribution < 1.29 is 9.53 Å². The summed E-state index contributed by atoms with van der Waals surface area (Å²) >= 11 is 1.62. The quantitative estimate of drug-likeness (QED) is 0.910. The number of likely N-dealkylation sites (N-methyl/N-ethyl adjacent to an activating group) is 1. The molecule has 2 aliphatic rings. The molecule has 0 fully saturated rings. The number of amides is 1. The van der Waals surface area contributed by atoms with E-state index in [0.29, 0.717) is 19.0 Å². The molecule has 0 aromatic carbocycles. The van der Waals surface area contributed by atoms with E-state index in [0.717, 1.165) is 22.8 Å². The van der Waals surface area contributed by atoms with Crippen LogP contribution < -0.4 is 5.32 Å². The van der Waals surface area contributed by atoms with E-state index in [1.165, 1.54) is 0 Å². The van der Waals surface area contributed by atoms with Crippen LogP contribution in [0.15, 0.2) is 35.1 Å². The lowest BCUT2D eigenvalue weighted by Crippen LogP contribution is -2.44. The molecule has 1 aromatic heterocycles. The molecule has 5 nitrogen and oxygen atoms in total. The van der Waals surface area contributed by atoms with Crippen LogP contribution in [0.3, 0.4) is 0 Å². The Morgan fingerprint density at radius 3 is 3.20 bits per heavy atom. The Morgan fingerprint density at radius 1 is 1.55 bits per heavy atom. The lowest BCUT2D eigenvalue weighted by molar-refractivity contribution is -0.132. The molecule has 1 unspecified atom stereocenters. The average Bonchev–Trinajstić information content (AvgIpc) is 2.89. The molecular formula is C14H17N3O2S. The van der Waals surface area contributed by atoms with Crippen molar-refractivity contribution in [2.75, 3.05) is 19.5 Å². The van der Waals surface area contributed by atoms with Gasteiger partial charge in [0.2, 0.25) is 5.91 Å². The van der Waals surface area contributed by atoms with Gasteiger partial charge in [0.05, 0.1) is 17.1 Å². The number of nitrogens with one attached hydrogen (secondary N) is 1. The first-order valence-electron chi connectivity index (χ1n) is 6.64. The van der Waals surface area contributed by atoms with Crippen LogP contribution in [0, 0.1) is 0 Å². The van der Waals surface area contributed by atoms with E-state index in [4.69, 9.17) is 4.74 Å². The minimum atomic E-state index is -0.288. The fraction of sp³-hybridized carbons (Fsp3) is 0.429. The van der Waals surface area contributed by atoms with Gasteiger partial charge < -0.3 is 15.0 Å². The highest BCUT2D eigenvalue weighted by atomic mass is 32.2. The minimum absolute atomic E-state index is 0.0983. The lowest BCUT2D eigenvalue weighted by Gasteiger charge is -2.24. The van der Waals surface area contributed by atoms with Gasteiger partial charge in [-0.2, -0.15) is 0 Å². The zero-order valence-corrected chi connectivity index (χ0v) is 12.2. The van der Waals surface area contributed by atoms with Crippen LogP contribution in [-0.4, -0.2) is 41.4 Å². The van der Waals surface area contributed by atoms with Crippen LogP contribution in [0.25, 0.3) is 0 Å². The standard InChI is InChI=1S/C14H17N3O2S/c1-15-12-13-11(19-9-20-13)5-7-17(14(12)18)8-10-4-2-3-6-16-10/h2-4,6,12,15H,5,7-9H2,1H3. The number of hydrogen-bond acceptors (Lipinski definition) is 5. The molecule has 1 N–H and O–H groups in total. The number of pyridine rings is 1. The van der Waals surface area contributed by atoms with Crippen LogP contribution >= 0.6 is 11.8 Å². The number of carbonyl (C=O) groups excluding carboxylic acids is 1. The first-order valence-corrected chi connectivity index (χ1v) is 7.62. The second kappa shape index (κ2) is 5.85. The summed E-state index contributed by atoms with van der Waals surface area (Å²) < 4.78 is 5.62. The highest BCUT2D eigenvalue weighted by Gasteiger charge is 2.35. The smallest absolute Gasteiger partial charge is 0.245 e. The summed E-state index contributed by atoms with van der Waals surface area (Å²) in [6.45, 7) is 1.22. The average molecular weight is 291 g/mol. The van der Waals surface area contributed by atoms with E-state index in [1.54, 1.807) is 18.0 Å². The van der Waals surface area contributed by atoms with Crippen LogP contribution in [0.5, 0.6) is 0 Å². The molecular weight excluding hydrogens is 274 g/mol. The fourth-order valence-electron chi connectivity index (χ4n) is 2.50. The van der Waals surface area contributed by atoms with E-state index >= 15 is 0 Å². The number of rotatable bonds is 3. The summed E-state index contributed by atoms with van der Waals surface area (Å²) in [7, 11) is 1.82. The Labute approximate surface area is 122 Å². The number of nitrogens with zero attached hydrogens (tertiary/aromatic N) is 2. The monoisotopic (exact) mass is 291 g/mol. The molecule has 0 bridgehead atoms. The zero-order chi connectivity index (χ0) is 13.9. The van der Waals surface area contributed by atoms with Gasteiger partial charge in [-0.15, -0.1) is 0 Å². The lowest BCUT2D eigenvalue weighted by atomic mass is 10.2. The molecule has 1 amide bonds. The second-order valence-electron chi connectivity index (χ2n) is 4.75.